The maximum Gasteiger partial charge on any atom is 0.262 e. The van der Waals surface area contributed by atoms with Gasteiger partial charge in [-0.1, -0.05) is 13.8 Å². The Kier molecular flexibility index (Phi) is 6.15. The number of nitrogens with zero attached hydrogens (tertiary/aromatic N) is 1. The molecule has 0 bridgehead atoms. The van der Waals surface area contributed by atoms with Crippen LogP contribution in [0, 0.1) is 0 Å². The van der Waals surface area contributed by atoms with Gasteiger partial charge in [0, 0.05) is 30.6 Å². The van der Waals surface area contributed by atoms with E-state index in [-0.39, 0.29) is 0 Å². The van der Waals surface area contributed by atoms with Gasteiger partial charge in [-0.2, -0.15) is 0 Å². The zero-order chi connectivity index (χ0) is 15.3. The maximum atomic E-state index is 12.3. The van der Waals surface area contributed by atoms with E-state index in [4.69, 9.17) is 4.74 Å². The molecule has 1 aromatic rings. The summed E-state index contributed by atoms with van der Waals surface area (Å²) in [5, 5.41) is 5.02. The molecule has 120 valence electrons. The molecule has 0 amide bonds. The van der Waals surface area contributed by atoms with Gasteiger partial charge in [-0.05, 0) is 18.6 Å². The number of hydrazine groups is 1. The first-order valence-corrected chi connectivity index (χ1v) is 9.44. The van der Waals surface area contributed by atoms with E-state index in [1.807, 2.05) is 6.07 Å². The molecule has 6 nitrogen and oxygen atoms in total. The largest absolute Gasteiger partial charge is 0.379 e. The zero-order valence-corrected chi connectivity index (χ0v) is 14.1. The SMILES string of the molecule is CC(C)NCCc1ccc(S(=O)(=O)NN2CCOCC2)s1. The molecule has 0 atom stereocenters. The van der Waals surface area contributed by atoms with E-state index >= 15 is 0 Å². The highest BCUT2D eigenvalue weighted by atomic mass is 32.2. The normalized spacial score (nSPS) is 17.5. The van der Waals surface area contributed by atoms with E-state index in [2.05, 4.69) is 24.0 Å². The second-order valence-corrected chi connectivity index (χ2v) is 8.33. The lowest BCUT2D eigenvalue weighted by Gasteiger charge is -2.26. The van der Waals surface area contributed by atoms with Gasteiger partial charge >= 0.3 is 0 Å². The quantitative estimate of drug-likeness (QED) is 0.773. The van der Waals surface area contributed by atoms with Crippen molar-refractivity contribution < 1.29 is 13.2 Å². The predicted octanol–water partition coefficient (Wildman–Crippen LogP) is 0.814. The van der Waals surface area contributed by atoms with Crippen LogP contribution in [0.15, 0.2) is 16.3 Å². The zero-order valence-electron chi connectivity index (χ0n) is 12.5. The van der Waals surface area contributed by atoms with E-state index in [0.717, 1.165) is 17.8 Å². The van der Waals surface area contributed by atoms with E-state index in [1.54, 1.807) is 11.1 Å². The van der Waals surface area contributed by atoms with Gasteiger partial charge < -0.3 is 10.1 Å². The lowest BCUT2D eigenvalue weighted by Crippen LogP contribution is -2.48. The second kappa shape index (κ2) is 7.66. The Balaban J connectivity index is 1.92. The summed E-state index contributed by atoms with van der Waals surface area (Å²) in [5.41, 5.74) is 0. The van der Waals surface area contributed by atoms with Crippen LogP contribution in [0.1, 0.15) is 18.7 Å². The van der Waals surface area contributed by atoms with Gasteiger partial charge in [-0.15, -0.1) is 16.2 Å². The van der Waals surface area contributed by atoms with Gasteiger partial charge in [-0.25, -0.2) is 13.4 Å². The molecule has 1 aliphatic heterocycles. The molecule has 0 radical (unpaired) electrons. The van der Waals surface area contributed by atoms with Crippen molar-refractivity contribution in [1.82, 2.24) is 15.2 Å². The molecule has 0 unspecified atom stereocenters. The number of nitrogens with one attached hydrogen (secondary N) is 2. The van der Waals surface area contributed by atoms with Gasteiger partial charge in [0.1, 0.15) is 4.21 Å². The summed E-state index contributed by atoms with van der Waals surface area (Å²) in [5.74, 6) is 0. The van der Waals surface area contributed by atoms with Crippen LogP contribution >= 0.6 is 11.3 Å². The number of ether oxygens (including phenoxy) is 1. The summed E-state index contributed by atoms with van der Waals surface area (Å²) in [6, 6.07) is 4.01. The van der Waals surface area contributed by atoms with Crippen LogP contribution in [0.3, 0.4) is 0 Å². The molecule has 2 rings (SSSR count). The minimum absolute atomic E-state index is 0.369. The van der Waals surface area contributed by atoms with Crippen LogP contribution in [-0.2, 0) is 21.2 Å². The third-order valence-electron chi connectivity index (χ3n) is 3.09. The fraction of sp³-hybridized carbons (Fsp3) is 0.692. The molecule has 2 heterocycles. The second-order valence-electron chi connectivity index (χ2n) is 5.27. The van der Waals surface area contributed by atoms with Crippen LogP contribution in [-0.4, -0.2) is 52.3 Å². The van der Waals surface area contributed by atoms with Crippen molar-refractivity contribution in [3.63, 3.8) is 0 Å². The van der Waals surface area contributed by atoms with Crippen LogP contribution in [0.5, 0.6) is 0 Å². The van der Waals surface area contributed by atoms with Crippen molar-refractivity contribution >= 4 is 21.4 Å². The fourth-order valence-corrected chi connectivity index (χ4v) is 4.46. The number of thiophene rings is 1. The maximum absolute atomic E-state index is 12.3. The molecule has 1 fully saturated rings. The number of morpholine rings is 1. The molecule has 1 aliphatic rings. The van der Waals surface area contributed by atoms with Crippen LogP contribution in [0.25, 0.3) is 0 Å². The molecule has 1 saturated heterocycles. The molecule has 8 heteroatoms. The topological polar surface area (TPSA) is 70.7 Å². The van der Waals surface area contributed by atoms with Crippen molar-refractivity contribution in [2.24, 2.45) is 0 Å². The predicted molar refractivity (Wildman–Crippen MR) is 83.9 cm³/mol. The summed E-state index contributed by atoms with van der Waals surface area (Å²) in [4.78, 5) is 3.69. The Labute approximate surface area is 130 Å². The minimum atomic E-state index is -3.46. The Hall–Kier alpha value is -0.510. The first-order valence-electron chi connectivity index (χ1n) is 7.14. The Morgan fingerprint density at radius 2 is 2.05 bits per heavy atom. The van der Waals surface area contributed by atoms with Crippen LogP contribution < -0.4 is 10.1 Å². The minimum Gasteiger partial charge on any atom is -0.379 e. The highest BCUT2D eigenvalue weighted by Crippen LogP contribution is 2.22. The fourth-order valence-electron chi connectivity index (χ4n) is 1.99. The first kappa shape index (κ1) is 16.9. The smallest absolute Gasteiger partial charge is 0.262 e. The molecule has 0 saturated carbocycles. The Morgan fingerprint density at radius 3 is 2.71 bits per heavy atom. The number of hydrogen-bond acceptors (Lipinski definition) is 6. The monoisotopic (exact) mass is 333 g/mol. The molecule has 21 heavy (non-hydrogen) atoms. The number of sulfonamides is 1. The van der Waals surface area contributed by atoms with Crippen molar-refractivity contribution in [3.05, 3.63) is 17.0 Å². The summed E-state index contributed by atoms with van der Waals surface area (Å²) in [6.07, 6.45) is 0.843. The van der Waals surface area contributed by atoms with E-state index < -0.39 is 10.0 Å². The van der Waals surface area contributed by atoms with Crippen molar-refractivity contribution in [2.75, 3.05) is 32.8 Å². The summed E-state index contributed by atoms with van der Waals surface area (Å²) >= 11 is 1.33. The van der Waals surface area contributed by atoms with Gasteiger partial charge in [0.05, 0.1) is 13.2 Å². The third kappa shape index (κ3) is 5.32. The lowest BCUT2D eigenvalue weighted by atomic mass is 10.3. The molecule has 0 aromatic carbocycles. The van der Waals surface area contributed by atoms with Crippen molar-refractivity contribution in [1.29, 1.82) is 0 Å². The first-order chi connectivity index (χ1) is 9.97. The third-order valence-corrected chi connectivity index (χ3v) is 6.10. The summed E-state index contributed by atoms with van der Waals surface area (Å²) in [7, 11) is -3.46. The molecular formula is C13H23N3O3S2. The van der Waals surface area contributed by atoms with Gasteiger partial charge in [0.15, 0.2) is 0 Å². The van der Waals surface area contributed by atoms with Crippen molar-refractivity contribution in [2.45, 2.75) is 30.5 Å². The lowest BCUT2D eigenvalue weighted by molar-refractivity contribution is 0.0272. The van der Waals surface area contributed by atoms with Gasteiger partial charge in [0.25, 0.3) is 10.0 Å². The molecule has 0 aliphatic carbocycles. The van der Waals surface area contributed by atoms with Gasteiger partial charge in [0.2, 0.25) is 0 Å². The average molecular weight is 333 g/mol. The summed E-state index contributed by atoms with van der Waals surface area (Å²) < 4.78 is 30.2. The standard InChI is InChI=1S/C13H23N3O3S2/c1-11(2)14-6-5-12-3-4-13(20-12)21(17,18)15-16-7-9-19-10-8-16/h3-4,11,14-15H,5-10H2,1-2H3. The Morgan fingerprint density at radius 1 is 1.33 bits per heavy atom. The molecule has 1 aromatic heterocycles. The van der Waals surface area contributed by atoms with Crippen molar-refractivity contribution in [3.8, 4) is 0 Å². The molecule has 0 spiro atoms. The highest BCUT2D eigenvalue weighted by molar-refractivity contribution is 7.91. The highest BCUT2D eigenvalue weighted by Gasteiger charge is 2.21. The summed E-state index contributed by atoms with van der Waals surface area (Å²) in [6.45, 7) is 7.31. The van der Waals surface area contributed by atoms with E-state index in [1.165, 1.54) is 11.3 Å². The van der Waals surface area contributed by atoms with Crippen LogP contribution in [0.4, 0.5) is 0 Å². The van der Waals surface area contributed by atoms with Gasteiger partial charge in [-0.3, -0.25) is 0 Å². The van der Waals surface area contributed by atoms with E-state index in [0.29, 0.717) is 36.6 Å². The Bertz CT molecular complexity index is 537. The molecular weight excluding hydrogens is 310 g/mol. The average Bonchev–Trinajstić information content (AvgIpc) is 2.88. The number of hydrogen-bond donors (Lipinski definition) is 2. The van der Waals surface area contributed by atoms with E-state index in [9.17, 15) is 8.42 Å². The number of rotatable bonds is 7. The molecule has 2 N–H and O–H groups in total. The van der Waals surface area contributed by atoms with Crippen LogP contribution in [0.2, 0.25) is 0 Å².